The maximum Gasteiger partial charge on any atom is 0.280 e. The first kappa shape index (κ1) is 15.2. The molecular weight excluding hydrogens is 318 g/mol. The van der Waals surface area contributed by atoms with Gasteiger partial charge in [0, 0.05) is 15.3 Å². The molecule has 2 heterocycles. The van der Waals surface area contributed by atoms with Crippen LogP contribution in [-0.4, -0.2) is 17.5 Å². The zero-order valence-electron chi connectivity index (χ0n) is 12.5. The third-order valence-electron chi connectivity index (χ3n) is 3.44. The van der Waals surface area contributed by atoms with Gasteiger partial charge in [-0.15, -0.1) is 11.3 Å². The van der Waals surface area contributed by atoms with E-state index in [0.29, 0.717) is 22.6 Å². The first-order chi connectivity index (χ1) is 11.0. The topological polar surface area (TPSA) is 78.7 Å². The van der Waals surface area contributed by atoms with Crippen molar-refractivity contribution < 1.29 is 19.2 Å². The Hall–Kier alpha value is -2.67. The molecule has 7 heteroatoms. The van der Waals surface area contributed by atoms with Gasteiger partial charge in [0.15, 0.2) is 17.3 Å². The predicted molar refractivity (Wildman–Crippen MR) is 86.4 cm³/mol. The highest BCUT2D eigenvalue weighted by Crippen LogP contribution is 2.38. The van der Waals surface area contributed by atoms with E-state index >= 15 is 0 Å². The summed E-state index contributed by atoms with van der Waals surface area (Å²) < 4.78 is 10.4. The van der Waals surface area contributed by atoms with Gasteiger partial charge >= 0.3 is 0 Å². The SMILES string of the molecule is Cc1cc(C(=O)/C=C/c2cc3c(cc2[N+](=O)[O-])OCO3)c(C)s1. The number of thiophene rings is 1. The van der Waals surface area contributed by atoms with Crippen molar-refractivity contribution in [2.45, 2.75) is 13.8 Å². The smallest absolute Gasteiger partial charge is 0.280 e. The summed E-state index contributed by atoms with van der Waals surface area (Å²) >= 11 is 1.54. The van der Waals surface area contributed by atoms with E-state index < -0.39 is 4.92 Å². The number of rotatable bonds is 4. The summed E-state index contributed by atoms with van der Waals surface area (Å²) in [6, 6.07) is 4.64. The standard InChI is InChI=1S/C16H13NO5S/c1-9-5-12(10(2)23-9)14(18)4-3-11-6-15-16(22-8-21-15)7-13(11)17(19)20/h3-7H,8H2,1-2H3/b4-3+. The Bertz CT molecular complexity index is 837. The van der Waals surface area contributed by atoms with Gasteiger partial charge in [-0.2, -0.15) is 0 Å². The van der Waals surface area contributed by atoms with Crippen LogP contribution in [0.3, 0.4) is 0 Å². The molecule has 1 aromatic heterocycles. The highest BCUT2D eigenvalue weighted by atomic mass is 32.1. The van der Waals surface area contributed by atoms with Crippen molar-refractivity contribution in [3.05, 3.63) is 55.3 Å². The molecule has 0 bridgehead atoms. The summed E-state index contributed by atoms with van der Waals surface area (Å²) in [6.45, 7) is 3.84. The Kier molecular flexibility index (Phi) is 3.87. The summed E-state index contributed by atoms with van der Waals surface area (Å²) in [5, 5.41) is 11.2. The lowest BCUT2D eigenvalue weighted by atomic mass is 10.1. The van der Waals surface area contributed by atoms with Crippen molar-refractivity contribution in [1.29, 1.82) is 0 Å². The molecule has 0 N–H and O–H groups in total. The lowest BCUT2D eigenvalue weighted by Crippen LogP contribution is -1.95. The summed E-state index contributed by atoms with van der Waals surface area (Å²) in [5.74, 6) is 0.591. The molecule has 0 saturated heterocycles. The van der Waals surface area contributed by atoms with Gasteiger partial charge < -0.3 is 9.47 Å². The lowest BCUT2D eigenvalue weighted by molar-refractivity contribution is -0.385. The van der Waals surface area contributed by atoms with E-state index in [1.54, 1.807) is 11.3 Å². The quantitative estimate of drug-likeness (QED) is 0.367. The highest BCUT2D eigenvalue weighted by Gasteiger charge is 2.22. The van der Waals surface area contributed by atoms with Crippen LogP contribution < -0.4 is 9.47 Å². The molecule has 0 spiro atoms. The van der Waals surface area contributed by atoms with Crippen LogP contribution in [0, 0.1) is 24.0 Å². The zero-order chi connectivity index (χ0) is 16.6. The largest absolute Gasteiger partial charge is 0.454 e. The van der Waals surface area contributed by atoms with Gasteiger partial charge in [-0.3, -0.25) is 14.9 Å². The average Bonchev–Trinajstić information content (AvgIpc) is 3.08. The molecule has 23 heavy (non-hydrogen) atoms. The summed E-state index contributed by atoms with van der Waals surface area (Å²) in [7, 11) is 0. The molecule has 3 rings (SSSR count). The first-order valence-electron chi connectivity index (χ1n) is 6.83. The molecule has 1 aromatic carbocycles. The number of carbonyl (C=O) groups is 1. The van der Waals surface area contributed by atoms with Gasteiger partial charge in [0.25, 0.3) is 5.69 Å². The van der Waals surface area contributed by atoms with Gasteiger partial charge in [-0.25, -0.2) is 0 Å². The number of ketones is 1. The van der Waals surface area contributed by atoms with Crippen LogP contribution in [0.1, 0.15) is 25.7 Å². The third kappa shape index (κ3) is 2.95. The molecule has 0 atom stereocenters. The van der Waals surface area contributed by atoms with E-state index in [1.807, 2.05) is 19.9 Å². The van der Waals surface area contributed by atoms with Crippen molar-refractivity contribution in [1.82, 2.24) is 0 Å². The van der Waals surface area contributed by atoms with Crippen LogP contribution in [0.25, 0.3) is 6.08 Å². The summed E-state index contributed by atoms with van der Waals surface area (Å²) in [4.78, 5) is 24.9. The van der Waals surface area contributed by atoms with Crippen molar-refractivity contribution in [3.8, 4) is 11.5 Å². The Morgan fingerprint density at radius 1 is 1.26 bits per heavy atom. The number of nitrogens with zero attached hydrogens (tertiary/aromatic N) is 1. The normalized spacial score (nSPS) is 12.8. The fraction of sp³-hybridized carbons (Fsp3) is 0.188. The Balaban J connectivity index is 1.94. The van der Waals surface area contributed by atoms with E-state index in [4.69, 9.17) is 9.47 Å². The fourth-order valence-electron chi connectivity index (χ4n) is 2.37. The highest BCUT2D eigenvalue weighted by molar-refractivity contribution is 7.12. The number of nitro groups is 1. The maximum atomic E-state index is 12.3. The number of hydrogen-bond acceptors (Lipinski definition) is 6. The minimum atomic E-state index is -0.508. The molecule has 0 unspecified atom stereocenters. The van der Waals surface area contributed by atoms with Gasteiger partial charge in [0.2, 0.25) is 6.79 Å². The molecule has 0 saturated carbocycles. The summed E-state index contributed by atoms with van der Waals surface area (Å²) in [6.07, 6.45) is 2.79. The minimum Gasteiger partial charge on any atom is -0.454 e. The second-order valence-corrected chi connectivity index (χ2v) is 6.51. The number of hydrogen-bond donors (Lipinski definition) is 0. The zero-order valence-corrected chi connectivity index (χ0v) is 13.3. The number of ether oxygens (including phenoxy) is 2. The van der Waals surface area contributed by atoms with Crippen molar-refractivity contribution >= 4 is 28.9 Å². The van der Waals surface area contributed by atoms with Crippen LogP contribution in [0.2, 0.25) is 0 Å². The Morgan fingerprint density at radius 2 is 1.96 bits per heavy atom. The number of carbonyl (C=O) groups excluding carboxylic acids is 1. The van der Waals surface area contributed by atoms with Crippen LogP contribution in [0.4, 0.5) is 5.69 Å². The number of fused-ring (bicyclic) bond motifs is 1. The molecule has 1 aliphatic rings. The number of allylic oxidation sites excluding steroid dienone is 1. The number of nitro benzene ring substituents is 1. The van der Waals surface area contributed by atoms with Gasteiger partial charge in [0.1, 0.15) is 0 Å². The van der Waals surface area contributed by atoms with Crippen molar-refractivity contribution in [3.63, 3.8) is 0 Å². The van der Waals surface area contributed by atoms with E-state index in [9.17, 15) is 14.9 Å². The fourth-order valence-corrected chi connectivity index (χ4v) is 3.30. The van der Waals surface area contributed by atoms with Crippen molar-refractivity contribution in [2.75, 3.05) is 6.79 Å². The maximum absolute atomic E-state index is 12.3. The predicted octanol–water partition coefficient (Wildman–Crippen LogP) is 3.90. The Morgan fingerprint density at radius 3 is 2.57 bits per heavy atom. The van der Waals surface area contributed by atoms with E-state index in [2.05, 4.69) is 0 Å². The molecule has 2 aromatic rings. The second kappa shape index (κ2) is 5.85. The third-order valence-corrected chi connectivity index (χ3v) is 4.41. The molecule has 118 valence electrons. The van der Waals surface area contributed by atoms with E-state index in [0.717, 1.165) is 9.75 Å². The minimum absolute atomic E-state index is 0.0337. The molecule has 1 aliphatic heterocycles. The monoisotopic (exact) mass is 331 g/mol. The molecule has 0 fully saturated rings. The Labute approximate surface area is 136 Å². The molecule has 0 amide bonds. The molecule has 6 nitrogen and oxygen atoms in total. The van der Waals surface area contributed by atoms with Gasteiger partial charge in [-0.1, -0.05) is 0 Å². The second-order valence-electron chi connectivity index (χ2n) is 5.05. The van der Waals surface area contributed by atoms with Crippen LogP contribution in [0.5, 0.6) is 11.5 Å². The molecule has 0 radical (unpaired) electrons. The lowest BCUT2D eigenvalue weighted by Gasteiger charge is -2.01. The molecular formula is C16H13NO5S. The molecule has 0 aliphatic carbocycles. The van der Waals surface area contributed by atoms with Gasteiger partial charge in [0.05, 0.1) is 16.6 Å². The number of aryl methyl sites for hydroxylation is 2. The van der Waals surface area contributed by atoms with Crippen LogP contribution in [-0.2, 0) is 0 Å². The van der Waals surface area contributed by atoms with Crippen molar-refractivity contribution in [2.24, 2.45) is 0 Å². The van der Waals surface area contributed by atoms with E-state index in [-0.39, 0.29) is 18.3 Å². The summed E-state index contributed by atoms with van der Waals surface area (Å²) in [5.41, 5.74) is 0.792. The first-order valence-corrected chi connectivity index (χ1v) is 7.65. The van der Waals surface area contributed by atoms with Crippen LogP contribution >= 0.6 is 11.3 Å². The van der Waals surface area contributed by atoms with Crippen LogP contribution in [0.15, 0.2) is 24.3 Å². The number of benzene rings is 1. The average molecular weight is 331 g/mol. The van der Waals surface area contributed by atoms with E-state index in [1.165, 1.54) is 24.3 Å². The van der Waals surface area contributed by atoms with Gasteiger partial charge in [-0.05, 0) is 38.1 Å².